The third-order valence-electron chi connectivity index (χ3n) is 3.91. The molecule has 1 atom stereocenters. The lowest BCUT2D eigenvalue weighted by atomic mass is 10.0. The number of aromatic nitrogens is 1. The molecule has 106 valence electrons. The third-order valence-corrected chi connectivity index (χ3v) is 4.53. The predicted molar refractivity (Wildman–Crippen MR) is 92.7 cm³/mol. The van der Waals surface area contributed by atoms with Gasteiger partial charge in [0.1, 0.15) is 5.82 Å². The summed E-state index contributed by atoms with van der Waals surface area (Å²) >= 11 is 3.57. The molecule has 0 bridgehead atoms. The number of anilines is 1. The van der Waals surface area contributed by atoms with Crippen molar-refractivity contribution in [3.63, 3.8) is 0 Å². The number of benzene rings is 2. The second-order valence-electron chi connectivity index (χ2n) is 5.20. The van der Waals surface area contributed by atoms with E-state index in [1.807, 2.05) is 18.3 Å². The fraction of sp³-hybridized carbons (Fsp3) is 0.167. The number of halogens is 1. The first-order valence-corrected chi connectivity index (χ1v) is 7.78. The van der Waals surface area contributed by atoms with E-state index in [1.165, 1.54) is 16.3 Å². The first kappa shape index (κ1) is 14.1. The van der Waals surface area contributed by atoms with Gasteiger partial charge in [-0.1, -0.05) is 36.4 Å². The first-order chi connectivity index (χ1) is 10.2. The van der Waals surface area contributed by atoms with E-state index in [0.717, 1.165) is 10.3 Å². The zero-order valence-electron chi connectivity index (χ0n) is 12.1. The molecular weight excluding hydrogens is 324 g/mol. The van der Waals surface area contributed by atoms with Crippen LogP contribution in [0.15, 0.2) is 65.3 Å². The maximum absolute atomic E-state index is 4.47. The van der Waals surface area contributed by atoms with Crippen molar-refractivity contribution in [2.45, 2.75) is 13.0 Å². The van der Waals surface area contributed by atoms with Gasteiger partial charge in [-0.15, -0.1) is 0 Å². The maximum atomic E-state index is 4.47. The molecule has 3 heteroatoms. The summed E-state index contributed by atoms with van der Waals surface area (Å²) in [5.74, 6) is 0.957. The van der Waals surface area contributed by atoms with Crippen molar-refractivity contribution in [1.82, 2.24) is 4.98 Å². The zero-order valence-corrected chi connectivity index (χ0v) is 13.7. The van der Waals surface area contributed by atoms with Crippen LogP contribution in [0.2, 0.25) is 0 Å². The lowest BCUT2D eigenvalue weighted by molar-refractivity contribution is 0.728. The molecule has 3 rings (SSSR count). The van der Waals surface area contributed by atoms with Gasteiger partial charge in [0.15, 0.2) is 0 Å². The summed E-state index contributed by atoms with van der Waals surface area (Å²) in [6.45, 7) is 2.20. The van der Waals surface area contributed by atoms with Crippen molar-refractivity contribution >= 4 is 32.5 Å². The summed E-state index contributed by atoms with van der Waals surface area (Å²) in [5.41, 5.74) is 1.29. The first-order valence-electron chi connectivity index (χ1n) is 6.99. The van der Waals surface area contributed by atoms with E-state index in [0.29, 0.717) is 0 Å². The molecule has 0 aliphatic rings. The Labute approximate surface area is 133 Å². The minimum absolute atomic E-state index is 0.251. The SMILES string of the molecule is C[C@@H](c1ccc2ccccc2c1)N(C)c1ncccc1Br. The van der Waals surface area contributed by atoms with E-state index in [-0.39, 0.29) is 6.04 Å². The van der Waals surface area contributed by atoms with Gasteiger partial charge in [0.25, 0.3) is 0 Å². The summed E-state index contributed by atoms with van der Waals surface area (Å²) in [6.07, 6.45) is 1.82. The molecule has 0 radical (unpaired) electrons. The Morgan fingerprint density at radius 1 is 1.00 bits per heavy atom. The molecule has 1 heterocycles. The Morgan fingerprint density at radius 2 is 1.76 bits per heavy atom. The van der Waals surface area contributed by atoms with Crippen LogP contribution in [0.4, 0.5) is 5.82 Å². The quantitative estimate of drug-likeness (QED) is 0.651. The summed E-state index contributed by atoms with van der Waals surface area (Å²) in [5, 5.41) is 2.55. The summed E-state index contributed by atoms with van der Waals surface area (Å²) in [6, 6.07) is 19.3. The molecule has 0 spiro atoms. The zero-order chi connectivity index (χ0) is 14.8. The Kier molecular flexibility index (Phi) is 3.93. The fourth-order valence-corrected chi connectivity index (χ4v) is 3.05. The van der Waals surface area contributed by atoms with Gasteiger partial charge in [-0.2, -0.15) is 0 Å². The molecule has 0 saturated carbocycles. The molecule has 2 aromatic carbocycles. The molecule has 21 heavy (non-hydrogen) atoms. The van der Waals surface area contributed by atoms with Crippen molar-refractivity contribution in [2.75, 3.05) is 11.9 Å². The van der Waals surface area contributed by atoms with Crippen LogP contribution in [0.25, 0.3) is 10.8 Å². The Bertz CT molecular complexity index is 770. The van der Waals surface area contributed by atoms with Gasteiger partial charge < -0.3 is 4.90 Å². The highest BCUT2D eigenvalue weighted by Crippen LogP contribution is 2.30. The van der Waals surface area contributed by atoms with Crippen LogP contribution in [0.3, 0.4) is 0 Å². The van der Waals surface area contributed by atoms with E-state index >= 15 is 0 Å². The van der Waals surface area contributed by atoms with Gasteiger partial charge in [-0.05, 0) is 57.4 Å². The number of pyridine rings is 1. The van der Waals surface area contributed by atoms with Crippen molar-refractivity contribution in [1.29, 1.82) is 0 Å². The van der Waals surface area contributed by atoms with Crippen LogP contribution < -0.4 is 4.90 Å². The molecule has 0 fully saturated rings. The van der Waals surface area contributed by atoms with Crippen LogP contribution in [0.5, 0.6) is 0 Å². The van der Waals surface area contributed by atoms with Gasteiger partial charge in [-0.25, -0.2) is 4.98 Å². The highest BCUT2D eigenvalue weighted by Gasteiger charge is 2.15. The standard InChI is InChI=1S/C18H17BrN2/c1-13(21(2)18-17(19)8-5-11-20-18)15-10-9-14-6-3-4-7-16(14)12-15/h3-13H,1-2H3/t13-/m0/s1. The van der Waals surface area contributed by atoms with Crippen LogP contribution >= 0.6 is 15.9 Å². The monoisotopic (exact) mass is 340 g/mol. The Balaban J connectivity index is 1.96. The van der Waals surface area contributed by atoms with Crippen LogP contribution in [0, 0.1) is 0 Å². The number of hydrogen-bond donors (Lipinski definition) is 0. The normalized spacial score (nSPS) is 12.3. The van der Waals surface area contributed by atoms with E-state index in [9.17, 15) is 0 Å². The molecule has 2 nitrogen and oxygen atoms in total. The average molecular weight is 341 g/mol. The van der Waals surface area contributed by atoms with Gasteiger partial charge in [0.2, 0.25) is 0 Å². The molecule has 3 aromatic rings. The molecule has 0 aliphatic heterocycles. The minimum Gasteiger partial charge on any atom is -0.352 e. The second kappa shape index (κ2) is 5.86. The molecule has 0 aliphatic carbocycles. The van der Waals surface area contributed by atoms with Gasteiger partial charge >= 0.3 is 0 Å². The molecule has 0 saturated heterocycles. The maximum Gasteiger partial charge on any atom is 0.143 e. The average Bonchev–Trinajstić information content (AvgIpc) is 2.53. The van der Waals surface area contributed by atoms with E-state index in [4.69, 9.17) is 0 Å². The second-order valence-corrected chi connectivity index (χ2v) is 6.06. The number of nitrogens with zero attached hydrogens (tertiary/aromatic N) is 2. The summed E-state index contributed by atoms with van der Waals surface area (Å²) in [7, 11) is 2.08. The molecular formula is C18H17BrN2. The lowest BCUT2D eigenvalue weighted by Crippen LogP contribution is -2.22. The summed E-state index contributed by atoms with van der Waals surface area (Å²) < 4.78 is 1.01. The molecule has 0 N–H and O–H groups in total. The molecule has 1 aromatic heterocycles. The predicted octanol–water partition coefficient (Wildman–Crippen LogP) is 5.19. The third kappa shape index (κ3) is 2.79. The highest BCUT2D eigenvalue weighted by molar-refractivity contribution is 9.10. The van der Waals surface area contributed by atoms with E-state index in [1.54, 1.807) is 0 Å². The van der Waals surface area contributed by atoms with Crippen molar-refractivity contribution < 1.29 is 0 Å². The van der Waals surface area contributed by atoms with Gasteiger partial charge in [0, 0.05) is 13.2 Å². The fourth-order valence-electron chi connectivity index (χ4n) is 2.51. The van der Waals surface area contributed by atoms with E-state index in [2.05, 4.69) is 82.2 Å². The summed E-state index contributed by atoms with van der Waals surface area (Å²) in [4.78, 5) is 6.65. The number of rotatable bonds is 3. The van der Waals surface area contributed by atoms with Gasteiger partial charge in [-0.3, -0.25) is 0 Å². The largest absolute Gasteiger partial charge is 0.352 e. The molecule has 0 amide bonds. The van der Waals surface area contributed by atoms with Gasteiger partial charge in [0.05, 0.1) is 10.5 Å². The lowest BCUT2D eigenvalue weighted by Gasteiger charge is -2.27. The Hall–Kier alpha value is -1.87. The van der Waals surface area contributed by atoms with Crippen LogP contribution in [-0.4, -0.2) is 12.0 Å². The minimum atomic E-state index is 0.251. The topological polar surface area (TPSA) is 16.1 Å². The molecule has 0 unspecified atom stereocenters. The number of hydrogen-bond acceptors (Lipinski definition) is 2. The Morgan fingerprint density at radius 3 is 2.52 bits per heavy atom. The van der Waals surface area contributed by atoms with E-state index < -0.39 is 0 Å². The number of fused-ring (bicyclic) bond motifs is 1. The highest BCUT2D eigenvalue weighted by atomic mass is 79.9. The van der Waals surface area contributed by atoms with Crippen molar-refractivity contribution in [3.05, 3.63) is 70.8 Å². The van der Waals surface area contributed by atoms with Crippen LogP contribution in [0.1, 0.15) is 18.5 Å². The van der Waals surface area contributed by atoms with Crippen molar-refractivity contribution in [3.8, 4) is 0 Å². The van der Waals surface area contributed by atoms with Crippen molar-refractivity contribution in [2.24, 2.45) is 0 Å². The van der Waals surface area contributed by atoms with Crippen LogP contribution in [-0.2, 0) is 0 Å². The smallest absolute Gasteiger partial charge is 0.143 e.